The first-order chi connectivity index (χ1) is 9.60. The highest BCUT2D eigenvalue weighted by Crippen LogP contribution is 2.36. The summed E-state index contributed by atoms with van der Waals surface area (Å²) >= 11 is 0. The first-order valence-electron chi connectivity index (χ1n) is 6.88. The van der Waals surface area contributed by atoms with Crippen LogP contribution in [0.1, 0.15) is 45.2 Å². The Morgan fingerprint density at radius 1 is 1.40 bits per heavy atom. The summed E-state index contributed by atoms with van der Waals surface area (Å²) in [4.78, 5) is 3.90. The van der Waals surface area contributed by atoms with Gasteiger partial charge < -0.3 is 9.47 Å². The van der Waals surface area contributed by atoms with E-state index in [4.69, 9.17) is 15.3 Å². The van der Waals surface area contributed by atoms with Crippen LogP contribution in [0.3, 0.4) is 0 Å². The number of hydrogen-bond donors (Lipinski definition) is 2. The lowest BCUT2D eigenvalue weighted by molar-refractivity contribution is -0.0496. The van der Waals surface area contributed by atoms with Crippen LogP contribution in [0.2, 0.25) is 0 Å². The normalized spacial score (nSPS) is 13.3. The molecule has 0 amide bonds. The summed E-state index contributed by atoms with van der Waals surface area (Å²) in [5, 5.41) is 0. The third-order valence-electron chi connectivity index (χ3n) is 3.78. The van der Waals surface area contributed by atoms with E-state index in [-0.39, 0.29) is 5.88 Å². The van der Waals surface area contributed by atoms with E-state index in [9.17, 15) is 4.39 Å². The molecule has 6 heteroatoms. The zero-order chi connectivity index (χ0) is 15.2. The Labute approximate surface area is 119 Å². The van der Waals surface area contributed by atoms with Gasteiger partial charge in [-0.15, -0.1) is 0 Å². The number of ether oxygens (including phenoxy) is 2. The topological polar surface area (TPSA) is 69.4 Å². The lowest BCUT2D eigenvalue weighted by Crippen LogP contribution is -2.47. The van der Waals surface area contributed by atoms with Gasteiger partial charge in [-0.05, 0) is 25.8 Å². The lowest BCUT2D eigenvalue weighted by Gasteiger charge is -2.38. The maximum atomic E-state index is 14.5. The van der Waals surface area contributed by atoms with Gasteiger partial charge in [-0.3, -0.25) is 5.84 Å². The van der Waals surface area contributed by atoms with Crippen LogP contribution in [0.5, 0.6) is 5.88 Å². The minimum absolute atomic E-state index is 0.0116. The number of nitrogens with one attached hydrogen (secondary N) is 1. The van der Waals surface area contributed by atoms with Crippen LogP contribution in [-0.2, 0) is 4.74 Å². The standard InChI is InChI=1S/C14H24FN3O2/c1-5-14(6-2,19-4)12(18-16)10-8-9-17-13(11(10)15)20-7-3/h8-9,12,18H,5-7,16H2,1-4H3. The molecule has 0 aliphatic heterocycles. The molecule has 1 aromatic heterocycles. The Morgan fingerprint density at radius 2 is 2.05 bits per heavy atom. The van der Waals surface area contributed by atoms with Crippen molar-refractivity contribution >= 4 is 0 Å². The molecule has 0 aliphatic carbocycles. The molecule has 1 aromatic rings. The molecule has 1 unspecified atom stereocenters. The molecule has 1 atom stereocenters. The highest BCUT2D eigenvalue weighted by atomic mass is 19.1. The van der Waals surface area contributed by atoms with Gasteiger partial charge in [-0.2, -0.15) is 0 Å². The SMILES string of the molecule is CCOc1nccc(C(NN)C(CC)(CC)OC)c1F. The number of halogens is 1. The molecule has 0 spiro atoms. The van der Waals surface area contributed by atoms with Crippen molar-refractivity contribution in [3.05, 3.63) is 23.6 Å². The van der Waals surface area contributed by atoms with Crippen molar-refractivity contribution in [3.8, 4) is 5.88 Å². The maximum Gasteiger partial charge on any atom is 0.250 e. The summed E-state index contributed by atoms with van der Waals surface area (Å²) in [5.74, 6) is 5.14. The first kappa shape index (κ1) is 16.8. The number of hydrogen-bond acceptors (Lipinski definition) is 5. The van der Waals surface area contributed by atoms with Gasteiger partial charge in [0.15, 0.2) is 5.82 Å². The molecule has 0 aliphatic rings. The van der Waals surface area contributed by atoms with Crippen molar-refractivity contribution in [2.75, 3.05) is 13.7 Å². The third kappa shape index (κ3) is 3.08. The van der Waals surface area contributed by atoms with Crippen molar-refractivity contribution in [2.45, 2.75) is 45.3 Å². The van der Waals surface area contributed by atoms with Crippen LogP contribution in [-0.4, -0.2) is 24.3 Å². The smallest absolute Gasteiger partial charge is 0.250 e. The summed E-state index contributed by atoms with van der Waals surface area (Å²) in [6.45, 7) is 6.11. The number of rotatable bonds is 8. The molecule has 0 saturated carbocycles. The van der Waals surface area contributed by atoms with Crippen LogP contribution in [0.15, 0.2) is 12.3 Å². The zero-order valence-corrected chi connectivity index (χ0v) is 12.6. The fourth-order valence-electron chi connectivity index (χ4n) is 2.49. The van der Waals surface area contributed by atoms with Crippen LogP contribution in [0.4, 0.5) is 4.39 Å². The molecule has 114 valence electrons. The molecular weight excluding hydrogens is 261 g/mol. The van der Waals surface area contributed by atoms with Gasteiger partial charge in [0.1, 0.15) is 0 Å². The quantitative estimate of drug-likeness (QED) is 0.566. The van der Waals surface area contributed by atoms with E-state index >= 15 is 0 Å². The number of nitrogens with zero attached hydrogens (tertiary/aromatic N) is 1. The fourth-order valence-corrected chi connectivity index (χ4v) is 2.49. The van der Waals surface area contributed by atoms with Gasteiger partial charge in [-0.1, -0.05) is 13.8 Å². The highest BCUT2D eigenvalue weighted by Gasteiger charge is 2.38. The Kier molecular flexibility index (Phi) is 6.32. The molecule has 1 heterocycles. The molecule has 1 rings (SSSR count). The van der Waals surface area contributed by atoms with Gasteiger partial charge in [0.05, 0.1) is 18.2 Å². The molecule has 0 bridgehead atoms. The Bertz CT molecular complexity index is 417. The molecule has 0 aromatic carbocycles. The fraction of sp³-hybridized carbons (Fsp3) is 0.643. The zero-order valence-electron chi connectivity index (χ0n) is 12.6. The lowest BCUT2D eigenvalue weighted by atomic mass is 9.84. The van der Waals surface area contributed by atoms with E-state index in [1.807, 2.05) is 13.8 Å². The van der Waals surface area contributed by atoms with Gasteiger partial charge in [0.25, 0.3) is 5.88 Å². The third-order valence-corrected chi connectivity index (χ3v) is 3.78. The number of aromatic nitrogens is 1. The Hall–Kier alpha value is -1.24. The predicted molar refractivity (Wildman–Crippen MR) is 75.8 cm³/mol. The molecular formula is C14H24FN3O2. The Balaban J connectivity index is 3.28. The maximum absolute atomic E-state index is 14.5. The summed E-state index contributed by atoms with van der Waals surface area (Å²) in [7, 11) is 1.61. The minimum Gasteiger partial charge on any atom is -0.476 e. The molecule has 20 heavy (non-hydrogen) atoms. The highest BCUT2D eigenvalue weighted by molar-refractivity contribution is 5.28. The summed E-state index contributed by atoms with van der Waals surface area (Å²) in [5.41, 5.74) is 2.49. The molecule has 0 fully saturated rings. The van der Waals surface area contributed by atoms with Gasteiger partial charge in [0.2, 0.25) is 0 Å². The van der Waals surface area contributed by atoms with E-state index < -0.39 is 17.5 Å². The van der Waals surface area contributed by atoms with E-state index in [1.54, 1.807) is 20.1 Å². The average Bonchev–Trinajstić information content (AvgIpc) is 2.48. The number of methoxy groups -OCH3 is 1. The number of hydrazine groups is 1. The van der Waals surface area contributed by atoms with Crippen molar-refractivity contribution in [3.63, 3.8) is 0 Å². The predicted octanol–water partition coefficient (Wildman–Crippen LogP) is 2.33. The molecule has 5 nitrogen and oxygen atoms in total. The Morgan fingerprint density at radius 3 is 2.50 bits per heavy atom. The summed E-state index contributed by atoms with van der Waals surface area (Å²) < 4.78 is 25.3. The van der Waals surface area contributed by atoms with Gasteiger partial charge >= 0.3 is 0 Å². The monoisotopic (exact) mass is 285 g/mol. The minimum atomic E-state index is -0.583. The summed E-state index contributed by atoms with van der Waals surface area (Å²) in [6.07, 6.45) is 2.90. The summed E-state index contributed by atoms with van der Waals surface area (Å²) in [6, 6.07) is 1.12. The van der Waals surface area contributed by atoms with Gasteiger partial charge in [0, 0.05) is 18.9 Å². The van der Waals surface area contributed by atoms with Crippen LogP contribution in [0, 0.1) is 5.82 Å². The molecule has 0 saturated heterocycles. The second kappa shape index (κ2) is 7.52. The van der Waals surface area contributed by atoms with Crippen LogP contribution >= 0.6 is 0 Å². The van der Waals surface area contributed by atoms with Crippen molar-refractivity contribution < 1.29 is 13.9 Å². The first-order valence-corrected chi connectivity index (χ1v) is 6.88. The van der Waals surface area contributed by atoms with E-state index in [0.29, 0.717) is 25.0 Å². The largest absolute Gasteiger partial charge is 0.476 e. The van der Waals surface area contributed by atoms with Crippen molar-refractivity contribution in [1.82, 2.24) is 10.4 Å². The van der Waals surface area contributed by atoms with Crippen molar-refractivity contribution in [1.29, 1.82) is 0 Å². The van der Waals surface area contributed by atoms with Crippen LogP contribution < -0.4 is 16.0 Å². The molecule has 3 N–H and O–H groups in total. The van der Waals surface area contributed by atoms with Crippen molar-refractivity contribution in [2.24, 2.45) is 5.84 Å². The second-order valence-corrected chi connectivity index (χ2v) is 4.53. The number of pyridine rings is 1. The number of nitrogens with two attached hydrogens (primary N) is 1. The van der Waals surface area contributed by atoms with Gasteiger partial charge in [-0.25, -0.2) is 14.8 Å². The average molecular weight is 285 g/mol. The van der Waals surface area contributed by atoms with E-state index in [1.165, 1.54) is 6.20 Å². The van der Waals surface area contributed by atoms with Crippen LogP contribution in [0.25, 0.3) is 0 Å². The molecule has 0 radical (unpaired) electrons. The van der Waals surface area contributed by atoms with E-state index in [0.717, 1.165) is 0 Å². The van der Waals surface area contributed by atoms with E-state index in [2.05, 4.69) is 10.4 Å². The second-order valence-electron chi connectivity index (χ2n) is 4.53.